The summed E-state index contributed by atoms with van der Waals surface area (Å²) in [5.74, 6) is 0. The van der Waals surface area contributed by atoms with Crippen molar-refractivity contribution >= 4 is 0 Å². The highest BCUT2D eigenvalue weighted by Crippen LogP contribution is 2.03. The van der Waals surface area contributed by atoms with Gasteiger partial charge in [0, 0.05) is 38.4 Å². The molecular weight excluding hydrogens is 186 g/mol. The number of allylic oxidation sites excluding steroid dienone is 3. The Morgan fingerprint density at radius 1 is 1.13 bits per heavy atom. The summed E-state index contributed by atoms with van der Waals surface area (Å²) in [6.45, 7) is 9.85. The number of nitrogens with two attached hydrogens (primary N) is 1. The van der Waals surface area contributed by atoms with E-state index < -0.39 is 0 Å². The van der Waals surface area contributed by atoms with Crippen molar-refractivity contribution in [3.8, 4) is 0 Å². The van der Waals surface area contributed by atoms with Crippen molar-refractivity contribution in [1.82, 2.24) is 9.80 Å². The van der Waals surface area contributed by atoms with Crippen molar-refractivity contribution in [1.29, 1.82) is 0 Å². The zero-order valence-electron chi connectivity index (χ0n) is 10.2. The molecule has 1 heterocycles. The van der Waals surface area contributed by atoms with Crippen LogP contribution in [0.2, 0.25) is 0 Å². The molecule has 1 rings (SSSR count). The van der Waals surface area contributed by atoms with Crippen LogP contribution >= 0.6 is 0 Å². The Kier molecular flexibility index (Phi) is 4.85. The molecule has 0 saturated carbocycles. The Balaban J connectivity index is 2.35. The summed E-state index contributed by atoms with van der Waals surface area (Å²) in [6, 6.07) is 0. The topological polar surface area (TPSA) is 32.5 Å². The quantitative estimate of drug-likeness (QED) is 0.705. The molecule has 86 valence electrons. The molecule has 1 saturated heterocycles. The molecular formula is C12H23N3. The summed E-state index contributed by atoms with van der Waals surface area (Å²) in [5.41, 5.74) is 7.84. The van der Waals surface area contributed by atoms with Crippen LogP contribution in [0, 0.1) is 0 Å². The predicted molar refractivity (Wildman–Crippen MR) is 65.6 cm³/mol. The summed E-state index contributed by atoms with van der Waals surface area (Å²) in [4.78, 5) is 4.87. The molecule has 1 aliphatic rings. The Labute approximate surface area is 93.2 Å². The van der Waals surface area contributed by atoms with Crippen molar-refractivity contribution < 1.29 is 0 Å². The summed E-state index contributed by atoms with van der Waals surface area (Å²) in [6.07, 6.45) is 4.10. The third-order valence-electron chi connectivity index (χ3n) is 2.70. The highest BCUT2D eigenvalue weighted by atomic mass is 15.2. The van der Waals surface area contributed by atoms with Gasteiger partial charge in [-0.1, -0.05) is 11.6 Å². The molecule has 0 atom stereocenters. The number of hydrogen-bond donors (Lipinski definition) is 1. The lowest BCUT2D eigenvalue weighted by molar-refractivity contribution is 0.164. The van der Waals surface area contributed by atoms with Crippen molar-refractivity contribution in [2.75, 3.05) is 39.8 Å². The SMILES string of the molecule is C/C(N)=C\C=C(/C)CN1CCN(C)CC1. The fourth-order valence-electron chi connectivity index (χ4n) is 1.69. The zero-order valence-corrected chi connectivity index (χ0v) is 10.2. The first-order valence-electron chi connectivity index (χ1n) is 5.58. The van der Waals surface area contributed by atoms with E-state index >= 15 is 0 Å². The Hall–Kier alpha value is -0.800. The second-order valence-electron chi connectivity index (χ2n) is 4.50. The van der Waals surface area contributed by atoms with Crippen molar-refractivity contribution in [3.05, 3.63) is 23.4 Å². The average Bonchev–Trinajstić information content (AvgIpc) is 2.19. The second kappa shape index (κ2) is 5.93. The first-order valence-corrected chi connectivity index (χ1v) is 5.58. The van der Waals surface area contributed by atoms with Gasteiger partial charge in [-0.25, -0.2) is 0 Å². The van der Waals surface area contributed by atoms with Crippen LogP contribution in [0.5, 0.6) is 0 Å². The van der Waals surface area contributed by atoms with Crippen molar-refractivity contribution in [2.24, 2.45) is 5.73 Å². The second-order valence-corrected chi connectivity index (χ2v) is 4.50. The van der Waals surface area contributed by atoms with Gasteiger partial charge in [-0.05, 0) is 27.0 Å². The Morgan fingerprint density at radius 3 is 2.27 bits per heavy atom. The van der Waals surface area contributed by atoms with Crippen LogP contribution in [0.15, 0.2) is 23.4 Å². The minimum atomic E-state index is 0.868. The van der Waals surface area contributed by atoms with Crippen molar-refractivity contribution in [2.45, 2.75) is 13.8 Å². The molecule has 0 aromatic carbocycles. The number of hydrogen-bond acceptors (Lipinski definition) is 3. The highest BCUT2D eigenvalue weighted by Gasteiger charge is 2.12. The standard InChI is InChI=1S/C12H23N3/c1-11(4-5-12(2)13)10-15-8-6-14(3)7-9-15/h4-5H,6-10,13H2,1-3H3/b11-4+,12-5+. The molecule has 0 spiro atoms. The van der Waals surface area contributed by atoms with Gasteiger partial charge in [-0.2, -0.15) is 0 Å². The van der Waals surface area contributed by atoms with Gasteiger partial charge < -0.3 is 10.6 Å². The maximum Gasteiger partial charge on any atom is 0.0194 e. The third-order valence-corrected chi connectivity index (χ3v) is 2.70. The molecule has 0 amide bonds. The predicted octanol–water partition coefficient (Wildman–Crippen LogP) is 1.04. The maximum absolute atomic E-state index is 5.59. The molecule has 1 fully saturated rings. The first-order chi connectivity index (χ1) is 7.08. The Bertz CT molecular complexity index is 244. The molecule has 0 aromatic rings. The van der Waals surface area contributed by atoms with Gasteiger partial charge in [0.2, 0.25) is 0 Å². The van der Waals surface area contributed by atoms with Gasteiger partial charge in [0.05, 0.1) is 0 Å². The number of nitrogens with zero attached hydrogens (tertiary/aromatic N) is 2. The molecule has 15 heavy (non-hydrogen) atoms. The van der Waals surface area contributed by atoms with E-state index in [4.69, 9.17) is 5.73 Å². The minimum Gasteiger partial charge on any atom is -0.402 e. The van der Waals surface area contributed by atoms with E-state index in [-0.39, 0.29) is 0 Å². The van der Waals surface area contributed by atoms with Gasteiger partial charge in [0.1, 0.15) is 0 Å². The smallest absolute Gasteiger partial charge is 0.0194 e. The minimum absolute atomic E-state index is 0.868. The molecule has 3 heteroatoms. The first kappa shape index (κ1) is 12.3. The van der Waals surface area contributed by atoms with Crippen LogP contribution in [-0.2, 0) is 0 Å². The Morgan fingerprint density at radius 2 is 1.73 bits per heavy atom. The van der Waals surface area contributed by atoms with Crippen LogP contribution in [0.3, 0.4) is 0 Å². The number of rotatable bonds is 3. The number of piperazine rings is 1. The summed E-state index contributed by atoms with van der Waals surface area (Å²) in [7, 11) is 2.18. The summed E-state index contributed by atoms with van der Waals surface area (Å²) in [5, 5.41) is 0. The molecule has 0 radical (unpaired) electrons. The fourth-order valence-corrected chi connectivity index (χ4v) is 1.69. The number of likely N-dealkylation sites (N-methyl/N-ethyl adjacent to an activating group) is 1. The summed E-state index contributed by atoms with van der Waals surface area (Å²) >= 11 is 0. The molecule has 3 nitrogen and oxygen atoms in total. The van der Waals surface area contributed by atoms with E-state index in [9.17, 15) is 0 Å². The van der Waals surface area contributed by atoms with Crippen LogP contribution in [0.4, 0.5) is 0 Å². The van der Waals surface area contributed by atoms with E-state index in [1.165, 1.54) is 31.8 Å². The fraction of sp³-hybridized carbons (Fsp3) is 0.667. The zero-order chi connectivity index (χ0) is 11.3. The molecule has 0 aliphatic carbocycles. The monoisotopic (exact) mass is 209 g/mol. The highest BCUT2D eigenvalue weighted by molar-refractivity contribution is 5.14. The maximum atomic E-state index is 5.59. The van der Waals surface area contributed by atoms with Crippen LogP contribution < -0.4 is 5.73 Å². The van der Waals surface area contributed by atoms with Crippen LogP contribution in [0.1, 0.15) is 13.8 Å². The van der Waals surface area contributed by atoms with Crippen LogP contribution in [0.25, 0.3) is 0 Å². The molecule has 0 aromatic heterocycles. The van der Waals surface area contributed by atoms with Gasteiger partial charge in [-0.15, -0.1) is 0 Å². The molecule has 0 unspecified atom stereocenters. The third kappa shape index (κ3) is 5.00. The van der Waals surface area contributed by atoms with Gasteiger partial charge in [0.15, 0.2) is 0 Å². The van der Waals surface area contributed by atoms with E-state index in [0.717, 1.165) is 12.2 Å². The lowest BCUT2D eigenvalue weighted by atomic mass is 10.2. The van der Waals surface area contributed by atoms with E-state index in [1.54, 1.807) is 0 Å². The normalized spacial score (nSPS) is 22.1. The van der Waals surface area contributed by atoms with Gasteiger partial charge >= 0.3 is 0 Å². The van der Waals surface area contributed by atoms with E-state index in [0.29, 0.717) is 0 Å². The van der Waals surface area contributed by atoms with E-state index in [2.05, 4.69) is 29.8 Å². The average molecular weight is 209 g/mol. The van der Waals surface area contributed by atoms with Crippen molar-refractivity contribution in [3.63, 3.8) is 0 Å². The van der Waals surface area contributed by atoms with Gasteiger partial charge in [-0.3, -0.25) is 4.90 Å². The molecule has 1 aliphatic heterocycles. The van der Waals surface area contributed by atoms with Crippen LogP contribution in [-0.4, -0.2) is 49.6 Å². The molecule has 2 N–H and O–H groups in total. The lowest BCUT2D eigenvalue weighted by Gasteiger charge is -2.32. The van der Waals surface area contributed by atoms with E-state index in [1.807, 2.05) is 13.0 Å². The largest absolute Gasteiger partial charge is 0.402 e. The van der Waals surface area contributed by atoms with Gasteiger partial charge in [0.25, 0.3) is 0 Å². The lowest BCUT2D eigenvalue weighted by Crippen LogP contribution is -2.44. The summed E-state index contributed by atoms with van der Waals surface area (Å²) < 4.78 is 0. The molecule has 0 bridgehead atoms.